The molecule has 2 heterocycles. The highest BCUT2D eigenvalue weighted by Gasteiger charge is 2.27. The summed E-state index contributed by atoms with van der Waals surface area (Å²) in [7, 11) is 0. The van der Waals surface area contributed by atoms with Gasteiger partial charge in [0.1, 0.15) is 17.4 Å². The van der Waals surface area contributed by atoms with Gasteiger partial charge in [0.05, 0.1) is 0 Å². The van der Waals surface area contributed by atoms with Gasteiger partial charge in [-0.3, -0.25) is 4.79 Å². The Morgan fingerprint density at radius 1 is 1.14 bits per heavy atom. The molecule has 1 aromatic carbocycles. The lowest BCUT2D eigenvalue weighted by Crippen LogP contribution is -2.44. The molecule has 0 radical (unpaired) electrons. The molecule has 3 aromatic rings. The van der Waals surface area contributed by atoms with E-state index >= 15 is 0 Å². The molecule has 0 spiro atoms. The molecule has 1 aliphatic carbocycles. The quantitative estimate of drug-likeness (QED) is 0.620. The standard InChI is InChI=1S/C20H22FN5O2S/c21-16-10-8-15(9-11-16)13-24(17-5-2-1-3-6-17)18(27)14-25-20(28)26(23-22-25)19-7-4-12-29-19/h4,7-12,17H,1-3,5-6,13-14H2. The Balaban J connectivity index is 1.54. The molecule has 7 nitrogen and oxygen atoms in total. The molecular weight excluding hydrogens is 393 g/mol. The summed E-state index contributed by atoms with van der Waals surface area (Å²) in [5.41, 5.74) is 0.422. The Bertz CT molecular complexity index is 1010. The van der Waals surface area contributed by atoms with Crippen molar-refractivity contribution in [2.24, 2.45) is 0 Å². The minimum Gasteiger partial charge on any atom is -0.334 e. The van der Waals surface area contributed by atoms with Gasteiger partial charge in [-0.25, -0.2) is 9.18 Å². The second kappa shape index (κ2) is 8.69. The summed E-state index contributed by atoms with van der Waals surface area (Å²) in [6.45, 7) is 0.222. The molecule has 0 aliphatic heterocycles. The van der Waals surface area contributed by atoms with E-state index in [0.717, 1.165) is 35.9 Å². The van der Waals surface area contributed by atoms with Crippen molar-refractivity contribution in [3.63, 3.8) is 0 Å². The minimum atomic E-state index is -0.439. The molecule has 1 amide bonds. The zero-order valence-corrected chi connectivity index (χ0v) is 16.7. The van der Waals surface area contributed by atoms with Crippen molar-refractivity contribution in [1.29, 1.82) is 0 Å². The van der Waals surface area contributed by atoms with Crippen LogP contribution in [0.3, 0.4) is 0 Å². The van der Waals surface area contributed by atoms with Gasteiger partial charge in [0.2, 0.25) is 5.91 Å². The monoisotopic (exact) mass is 415 g/mol. The maximum absolute atomic E-state index is 13.3. The van der Waals surface area contributed by atoms with Gasteiger partial charge in [-0.1, -0.05) is 31.4 Å². The second-order valence-electron chi connectivity index (χ2n) is 7.22. The van der Waals surface area contributed by atoms with Gasteiger partial charge in [0.25, 0.3) is 0 Å². The van der Waals surface area contributed by atoms with Crippen LogP contribution in [-0.2, 0) is 17.9 Å². The highest BCUT2D eigenvalue weighted by Crippen LogP contribution is 2.24. The van der Waals surface area contributed by atoms with Gasteiger partial charge in [-0.15, -0.1) is 11.3 Å². The van der Waals surface area contributed by atoms with Crippen LogP contribution in [0.1, 0.15) is 37.7 Å². The van der Waals surface area contributed by atoms with Crippen molar-refractivity contribution in [3.8, 4) is 5.00 Å². The summed E-state index contributed by atoms with van der Waals surface area (Å²) in [6.07, 6.45) is 5.19. The largest absolute Gasteiger partial charge is 0.369 e. The van der Waals surface area contributed by atoms with E-state index in [1.807, 2.05) is 16.3 Å². The maximum Gasteiger partial charge on any atom is 0.369 e. The molecule has 2 aromatic heterocycles. The molecule has 29 heavy (non-hydrogen) atoms. The van der Waals surface area contributed by atoms with Crippen LogP contribution in [-0.4, -0.2) is 36.6 Å². The van der Waals surface area contributed by atoms with Crippen LogP contribution >= 0.6 is 11.3 Å². The zero-order chi connectivity index (χ0) is 20.2. The number of halogens is 1. The molecule has 0 bridgehead atoms. The first kappa shape index (κ1) is 19.5. The first-order chi connectivity index (χ1) is 14.1. The first-order valence-corrected chi connectivity index (χ1v) is 10.6. The summed E-state index contributed by atoms with van der Waals surface area (Å²) >= 11 is 1.38. The van der Waals surface area contributed by atoms with Gasteiger partial charge < -0.3 is 4.90 Å². The summed E-state index contributed by atoms with van der Waals surface area (Å²) in [4.78, 5) is 27.6. The fraction of sp³-hybridized carbons (Fsp3) is 0.400. The van der Waals surface area contributed by atoms with Crippen LogP contribution in [0.25, 0.3) is 5.00 Å². The van der Waals surface area contributed by atoms with E-state index in [0.29, 0.717) is 11.5 Å². The number of nitrogens with zero attached hydrogens (tertiary/aromatic N) is 5. The van der Waals surface area contributed by atoms with Crippen LogP contribution in [0.4, 0.5) is 4.39 Å². The Hall–Kier alpha value is -2.81. The molecule has 9 heteroatoms. The average Bonchev–Trinajstić information content (AvgIpc) is 3.38. The molecule has 152 valence electrons. The maximum atomic E-state index is 13.3. The molecule has 0 atom stereocenters. The van der Waals surface area contributed by atoms with Gasteiger partial charge >= 0.3 is 5.69 Å². The smallest absolute Gasteiger partial charge is 0.334 e. The lowest BCUT2D eigenvalue weighted by atomic mass is 9.93. The molecule has 0 N–H and O–H groups in total. The van der Waals surface area contributed by atoms with E-state index in [4.69, 9.17) is 0 Å². The number of rotatable bonds is 6. The number of amides is 1. The van der Waals surface area contributed by atoms with E-state index in [1.165, 1.54) is 34.6 Å². The lowest BCUT2D eigenvalue weighted by Gasteiger charge is -2.34. The normalized spacial score (nSPS) is 14.8. The molecular formula is C20H22FN5O2S. The third kappa shape index (κ3) is 4.45. The van der Waals surface area contributed by atoms with Crippen molar-refractivity contribution in [3.05, 3.63) is 63.6 Å². The number of tetrazole rings is 1. The number of benzene rings is 1. The predicted octanol–water partition coefficient (Wildman–Crippen LogP) is 2.99. The number of hydrogen-bond donors (Lipinski definition) is 0. The van der Waals surface area contributed by atoms with Crippen molar-refractivity contribution in [2.45, 2.75) is 51.2 Å². The minimum absolute atomic E-state index is 0.115. The number of aromatic nitrogens is 4. The highest BCUT2D eigenvalue weighted by molar-refractivity contribution is 7.12. The van der Waals surface area contributed by atoms with E-state index in [-0.39, 0.29) is 24.3 Å². The van der Waals surface area contributed by atoms with Crippen molar-refractivity contribution in [1.82, 2.24) is 24.7 Å². The molecule has 1 saturated carbocycles. The third-order valence-corrected chi connectivity index (χ3v) is 6.09. The van der Waals surface area contributed by atoms with Crippen molar-refractivity contribution < 1.29 is 9.18 Å². The molecule has 0 unspecified atom stereocenters. The fourth-order valence-corrected chi connectivity index (χ4v) is 4.39. The number of thiophene rings is 1. The summed E-state index contributed by atoms with van der Waals surface area (Å²) in [5.74, 6) is -0.484. The Morgan fingerprint density at radius 3 is 2.59 bits per heavy atom. The van der Waals surface area contributed by atoms with Gasteiger partial charge in [0, 0.05) is 12.6 Å². The lowest BCUT2D eigenvalue weighted by molar-refractivity contribution is -0.136. The summed E-state index contributed by atoms with van der Waals surface area (Å²) in [5, 5.41) is 10.3. The number of carbonyl (C=O) groups excluding carboxylic acids is 1. The third-order valence-electron chi connectivity index (χ3n) is 5.24. The predicted molar refractivity (Wildman–Crippen MR) is 107 cm³/mol. The Labute approximate surface area is 171 Å². The molecule has 4 rings (SSSR count). The van der Waals surface area contributed by atoms with Crippen molar-refractivity contribution >= 4 is 17.2 Å². The van der Waals surface area contributed by atoms with E-state index < -0.39 is 5.69 Å². The van der Waals surface area contributed by atoms with Gasteiger partial charge in [0.15, 0.2) is 0 Å². The van der Waals surface area contributed by atoms with Gasteiger partial charge in [-0.2, -0.15) is 9.36 Å². The zero-order valence-electron chi connectivity index (χ0n) is 15.9. The van der Waals surface area contributed by atoms with Crippen molar-refractivity contribution in [2.75, 3.05) is 0 Å². The molecule has 1 aliphatic rings. The fourth-order valence-electron chi connectivity index (χ4n) is 3.72. The van der Waals surface area contributed by atoms with Crippen LogP contribution < -0.4 is 5.69 Å². The van der Waals surface area contributed by atoms with Gasteiger partial charge in [-0.05, 0) is 58.5 Å². The first-order valence-electron chi connectivity index (χ1n) is 9.72. The highest BCUT2D eigenvalue weighted by atomic mass is 32.1. The summed E-state index contributed by atoms with van der Waals surface area (Å²) in [6, 6.07) is 9.89. The number of carbonyl (C=O) groups is 1. The molecule has 0 saturated heterocycles. The average molecular weight is 415 g/mol. The Morgan fingerprint density at radius 2 is 1.90 bits per heavy atom. The summed E-state index contributed by atoms with van der Waals surface area (Å²) < 4.78 is 15.5. The second-order valence-corrected chi connectivity index (χ2v) is 8.15. The van der Waals surface area contributed by atoms with Crippen LogP contribution in [0.15, 0.2) is 46.6 Å². The van der Waals surface area contributed by atoms with Crippen LogP contribution in [0.5, 0.6) is 0 Å². The molecule has 1 fully saturated rings. The van der Waals surface area contributed by atoms with Crippen LogP contribution in [0, 0.1) is 5.82 Å². The van der Waals surface area contributed by atoms with E-state index in [2.05, 4.69) is 10.4 Å². The number of hydrogen-bond acceptors (Lipinski definition) is 5. The van der Waals surface area contributed by atoms with E-state index in [9.17, 15) is 14.0 Å². The van der Waals surface area contributed by atoms with Crippen LogP contribution in [0.2, 0.25) is 0 Å². The Kier molecular flexibility index (Phi) is 5.84. The SMILES string of the molecule is O=C(Cn1nnn(-c2cccs2)c1=O)N(Cc1ccc(F)cc1)C1CCCCC1. The topological polar surface area (TPSA) is 73.0 Å². The van der Waals surface area contributed by atoms with E-state index in [1.54, 1.807) is 18.2 Å².